The third kappa shape index (κ3) is 4.01. The van der Waals surface area contributed by atoms with Gasteiger partial charge in [0.05, 0.1) is 36.7 Å². The maximum Gasteiger partial charge on any atom is 0.410 e. The van der Waals surface area contributed by atoms with E-state index < -0.39 is 5.60 Å². The van der Waals surface area contributed by atoms with Gasteiger partial charge < -0.3 is 18.9 Å². The van der Waals surface area contributed by atoms with Crippen LogP contribution < -0.4 is 0 Å². The van der Waals surface area contributed by atoms with Gasteiger partial charge in [0.1, 0.15) is 11.3 Å². The zero-order chi connectivity index (χ0) is 21.6. The van der Waals surface area contributed by atoms with Crippen LogP contribution in [0, 0.1) is 0 Å². The van der Waals surface area contributed by atoms with Crippen molar-refractivity contribution in [2.75, 3.05) is 26.3 Å². The molecule has 1 amide bonds. The summed E-state index contributed by atoms with van der Waals surface area (Å²) in [5.74, 6) is 0.890. The van der Waals surface area contributed by atoms with E-state index in [1.807, 2.05) is 50.0 Å². The van der Waals surface area contributed by atoms with Crippen molar-refractivity contribution in [1.82, 2.24) is 24.8 Å². The lowest BCUT2D eigenvalue weighted by Crippen LogP contribution is -2.41. The minimum absolute atomic E-state index is 0.248. The van der Waals surface area contributed by atoms with Gasteiger partial charge >= 0.3 is 6.09 Å². The van der Waals surface area contributed by atoms with Crippen molar-refractivity contribution >= 4 is 17.0 Å². The maximum atomic E-state index is 12.3. The van der Waals surface area contributed by atoms with Crippen molar-refractivity contribution in [2.45, 2.75) is 51.2 Å². The third-order valence-corrected chi connectivity index (χ3v) is 5.79. The molecule has 0 N–H and O–H groups in total. The number of carbonyl (C=O) groups is 1. The Morgan fingerprint density at radius 3 is 2.61 bits per heavy atom. The van der Waals surface area contributed by atoms with Gasteiger partial charge in [-0.15, -0.1) is 0 Å². The third-order valence-electron chi connectivity index (χ3n) is 5.79. The summed E-state index contributed by atoms with van der Waals surface area (Å²) >= 11 is 0. The number of pyridine rings is 1. The fourth-order valence-electron chi connectivity index (χ4n) is 4.02. The number of amides is 1. The van der Waals surface area contributed by atoms with Crippen LogP contribution in [0.2, 0.25) is 0 Å². The summed E-state index contributed by atoms with van der Waals surface area (Å²) in [6.07, 6.45) is 5.04. The summed E-state index contributed by atoms with van der Waals surface area (Å²) in [4.78, 5) is 18.6. The normalized spacial score (nSPS) is 18.4. The molecule has 9 heteroatoms. The molecule has 0 radical (unpaired) electrons. The molecule has 3 aromatic heterocycles. The summed E-state index contributed by atoms with van der Waals surface area (Å²) < 4.78 is 18.4. The largest absolute Gasteiger partial charge is 0.444 e. The highest BCUT2D eigenvalue weighted by Crippen LogP contribution is 2.32. The van der Waals surface area contributed by atoms with Crippen LogP contribution in [-0.2, 0) is 9.47 Å². The molecule has 0 aromatic carbocycles. The molecule has 2 fully saturated rings. The van der Waals surface area contributed by atoms with E-state index in [0.717, 1.165) is 35.1 Å². The second-order valence-electron chi connectivity index (χ2n) is 9.27. The summed E-state index contributed by atoms with van der Waals surface area (Å²) in [5, 5.41) is 9.78. The Morgan fingerprint density at radius 2 is 1.94 bits per heavy atom. The van der Waals surface area contributed by atoms with E-state index >= 15 is 0 Å². The number of fused-ring (bicyclic) bond motifs is 1. The number of ether oxygens (including phenoxy) is 2. The zero-order valence-corrected chi connectivity index (χ0v) is 18.1. The standard InChI is InChI=1S/C22H27N5O4/c1-22(2,3)30-21(28)26-6-4-14(5-7-26)17-9-20(31-25-17)18-8-19-15(10-23-18)11-24-27(19)16-12-29-13-16/h8-11,14,16H,4-7,12-13H2,1-3H3. The van der Waals surface area contributed by atoms with E-state index in [1.165, 1.54) is 0 Å². The van der Waals surface area contributed by atoms with Crippen molar-refractivity contribution in [3.8, 4) is 11.5 Å². The Morgan fingerprint density at radius 1 is 1.16 bits per heavy atom. The van der Waals surface area contributed by atoms with Crippen LogP contribution in [0.5, 0.6) is 0 Å². The van der Waals surface area contributed by atoms with Gasteiger partial charge in [-0.05, 0) is 39.7 Å². The van der Waals surface area contributed by atoms with E-state index in [1.54, 1.807) is 4.90 Å². The van der Waals surface area contributed by atoms with Crippen molar-refractivity contribution in [3.05, 3.63) is 30.2 Å². The Balaban J connectivity index is 1.28. The number of aromatic nitrogens is 4. The smallest absolute Gasteiger partial charge is 0.410 e. The monoisotopic (exact) mass is 425 g/mol. The summed E-state index contributed by atoms with van der Waals surface area (Å²) in [6.45, 7) is 8.31. The number of rotatable bonds is 3. The lowest BCUT2D eigenvalue weighted by molar-refractivity contribution is -0.0266. The second kappa shape index (κ2) is 7.64. The number of likely N-dealkylation sites (tertiary alicyclic amines) is 1. The maximum absolute atomic E-state index is 12.3. The number of piperidine rings is 1. The predicted molar refractivity (Wildman–Crippen MR) is 113 cm³/mol. The van der Waals surface area contributed by atoms with Crippen molar-refractivity contribution in [3.63, 3.8) is 0 Å². The molecule has 5 rings (SSSR count). The summed E-state index contributed by atoms with van der Waals surface area (Å²) in [7, 11) is 0. The number of hydrogen-bond donors (Lipinski definition) is 0. The molecule has 0 atom stereocenters. The second-order valence-corrected chi connectivity index (χ2v) is 9.27. The number of carbonyl (C=O) groups excluding carboxylic acids is 1. The van der Waals surface area contributed by atoms with Gasteiger partial charge in [0, 0.05) is 36.7 Å². The highest BCUT2D eigenvalue weighted by molar-refractivity contribution is 5.81. The van der Waals surface area contributed by atoms with E-state index in [0.29, 0.717) is 32.1 Å². The molecule has 9 nitrogen and oxygen atoms in total. The molecular formula is C22H27N5O4. The molecular weight excluding hydrogens is 398 g/mol. The summed E-state index contributed by atoms with van der Waals surface area (Å²) in [5.41, 5.74) is 2.17. The Labute approximate surface area is 180 Å². The molecule has 3 aromatic rings. The van der Waals surface area contributed by atoms with Crippen LogP contribution in [0.15, 0.2) is 29.0 Å². The van der Waals surface area contributed by atoms with Gasteiger partial charge in [-0.25, -0.2) is 4.79 Å². The molecule has 2 aliphatic rings. The van der Waals surface area contributed by atoms with Gasteiger partial charge in [-0.2, -0.15) is 5.10 Å². The molecule has 0 saturated carbocycles. The first-order chi connectivity index (χ1) is 14.9. The van der Waals surface area contributed by atoms with Crippen LogP contribution in [0.1, 0.15) is 51.3 Å². The fraction of sp³-hybridized carbons (Fsp3) is 0.545. The molecule has 2 aliphatic heterocycles. The Kier molecular flexibility index (Phi) is 4.92. The fourth-order valence-corrected chi connectivity index (χ4v) is 4.02. The highest BCUT2D eigenvalue weighted by Gasteiger charge is 2.29. The lowest BCUT2D eigenvalue weighted by atomic mass is 9.93. The molecule has 31 heavy (non-hydrogen) atoms. The van der Waals surface area contributed by atoms with Gasteiger partial charge in [-0.3, -0.25) is 9.67 Å². The minimum Gasteiger partial charge on any atom is -0.444 e. The topological polar surface area (TPSA) is 95.5 Å². The first-order valence-corrected chi connectivity index (χ1v) is 10.7. The van der Waals surface area contributed by atoms with Crippen LogP contribution in [0.4, 0.5) is 4.79 Å². The Hall–Kier alpha value is -2.94. The number of nitrogens with zero attached hydrogens (tertiary/aromatic N) is 5. The van der Waals surface area contributed by atoms with Crippen LogP contribution >= 0.6 is 0 Å². The minimum atomic E-state index is -0.482. The van der Waals surface area contributed by atoms with E-state index in [9.17, 15) is 4.79 Å². The lowest BCUT2D eigenvalue weighted by Gasteiger charge is -2.32. The first kappa shape index (κ1) is 20.0. The van der Waals surface area contributed by atoms with E-state index in [2.05, 4.69) is 15.2 Å². The van der Waals surface area contributed by atoms with Crippen molar-refractivity contribution < 1.29 is 18.8 Å². The zero-order valence-electron chi connectivity index (χ0n) is 18.1. The van der Waals surface area contributed by atoms with Gasteiger partial charge in [0.15, 0.2) is 5.76 Å². The number of hydrogen-bond acceptors (Lipinski definition) is 7. The summed E-state index contributed by atoms with van der Waals surface area (Å²) in [6, 6.07) is 4.23. The first-order valence-electron chi connectivity index (χ1n) is 10.7. The molecule has 5 heterocycles. The average molecular weight is 425 g/mol. The molecule has 0 spiro atoms. The predicted octanol–water partition coefficient (Wildman–Crippen LogP) is 3.77. The van der Waals surface area contributed by atoms with Crippen molar-refractivity contribution in [2.24, 2.45) is 0 Å². The quantitative estimate of drug-likeness (QED) is 0.630. The van der Waals surface area contributed by atoms with E-state index in [-0.39, 0.29) is 18.1 Å². The van der Waals surface area contributed by atoms with Gasteiger partial charge in [0.25, 0.3) is 0 Å². The van der Waals surface area contributed by atoms with Crippen molar-refractivity contribution in [1.29, 1.82) is 0 Å². The molecule has 164 valence electrons. The SMILES string of the molecule is CC(C)(C)OC(=O)N1CCC(c2cc(-c3cc4c(cn3)cnn4C3COC3)on2)CC1. The van der Waals surface area contributed by atoms with Crippen LogP contribution in [-0.4, -0.2) is 62.8 Å². The Bertz CT molecular complexity index is 1090. The van der Waals surface area contributed by atoms with E-state index in [4.69, 9.17) is 14.0 Å². The molecule has 0 aliphatic carbocycles. The molecule has 0 bridgehead atoms. The molecule has 2 saturated heterocycles. The highest BCUT2D eigenvalue weighted by atomic mass is 16.6. The van der Waals surface area contributed by atoms with Gasteiger partial charge in [0.2, 0.25) is 0 Å². The van der Waals surface area contributed by atoms with Crippen LogP contribution in [0.3, 0.4) is 0 Å². The average Bonchev–Trinajstić information content (AvgIpc) is 3.33. The van der Waals surface area contributed by atoms with Crippen LogP contribution in [0.25, 0.3) is 22.4 Å². The molecule has 0 unspecified atom stereocenters. The van der Waals surface area contributed by atoms with Gasteiger partial charge in [-0.1, -0.05) is 5.16 Å².